The van der Waals surface area contributed by atoms with Gasteiger partial charge in [0.15, 0.2) is 0 Å². The number of carbonyl (C=O) groups excluding carboxylic acids is 12. The lowest BCUT2D eigenvalue weighted by molar-refractivity contribution is -0.118. The van der Waals surface area contributed by atoms with Crippen molar-refractivity contribution in [2.45, 2.75) is 99.1 Å². The SMILES string of the molecule is CC(C)(C)c1ccc(C(=O)Sc2ccccc2C(=O)NCCC(N)=O)cc1.Cc1cc(C)c(C(=O)Sc2ccccc2C(=O)NCCC(N)=O)c(C)c1.Cc1ccccc1C(=O)Sc1ccccc1C(=O)NCCC(N)=O.NC(=O)CCNC(=O)c1ccc(Cl)cc1SC(=O)c1cccnc1. The van der Waals surface area contributed by atoms with Crippen LogP contribution in [0.25, 0.3) is 0 Å². The molecule has 1 heterocycles. The summed E-state index contributed by atoms with van der Waals surface area (Å²) in [6.45, 7) is 14.7. The third-order valence-corrected chi connectivity index (χ3v) is 18.3. The predicted molar refractivity (Wildman–Crippen MR) is 397 cm³/mol. The highest BCUT2D eigenvalue weighted by atomic mass is 35.5. The van der Waals surface area contributed by atoms with Crippen LogP contribution in [0.3, 0.4) is 0 Å². The number of aromatic nitrogens is 1. The number of nitrogens with one attached hydrogen (secondary N) is 4. The van der Waals surface area contributed by atoms with E-state index in [1.54, 1.807) is 109 Å². The summed E-state index contributed by atoms with van der Waals surface area (Å²) in [5, 5.41) is 10.3. The molecule has 0 saturated heterocycles. The zero-order valence-electron chi connectivity index (χ0n) is 56.6. The van der Waals surface area contributed by atoms with Crippen LogP contribution in [0.1, 0.15) is 157 Å². The molecule has 12 N–H and O–H groups in total. The molecule has 21 nitrogen and oxygen atoms in total. The number of aryl methyl sites for hydroxylation is 4. The summed E-state index contributed by atoms with van der Waals surface area (Å²) in [5.41, 5.74) is 29.0. The first kappa shape index (κ1) is 81.5. The maximum Gasteiger partial charge on any atom is 0.252 e. The van der Waals surface area contributed by atoms with Crippen LogP contribution < -0.4 is 44.2 Å². The Morgan fingerprint density at radius 3 is 1.15 bits per heavy atom. The molecule has 0 saturated carbocycles. The van der Waals surface area contributed by atoms with Gasteiger partial charge in [-0.2, -0.15) is 0 Å². The molecule has 101 heavy (non-hydrogen) atoms. The summed E-state index contributed by atoms with van der Waals surface area (Å²) >= 11 is 9.92. The van der Waals surface area contributed by atoms with Gasteiger partial charge in [0.05, 0.1) is 22.3 Å². The van der Waals surface area contributed by atoms with Crippen LogP contribution in [0.15, 0.2) is 196 Å². The topological polar surface area (TPSA) is 370 Å². The molecule has 0 radical (unpaired) electrons. The average Bonchev–Trinajstić information content (AvgIpc) is 0.830. The summed E-state index contributed by atoms with van der Waals surface area (Å²) in [4.78, 5) is 148. The number of amides is 8. The Balaban J connectivity index is 0.000000243. The fraction of sp³-hybridized carbons (Fsp3) is 0.213. The summed E-state index contributed by atoms with van der Waals surface area (Å²) < 4.78 is 0. The van der Waals surface area contributed by atoms with Gasteiger partial charge in [-0.1, -0.05) is 135 Å². The fourth-order valence-electron chi connectivity index (χ4n) is 9.09. The minimum atomic E-state index is -0.507. The molecule has 0 fully saturated rings. The number of thioether (sulfide) groups is 4. The van der Waals surface area contributed by atoms with Crippen LogP contribution in [0.5, 0.6) is 0 Å². The number of primary amides is 4. The van der Waals surface area contributed by atoms with Crippen molar-refractivity contribution >= 4 is 126 Å². The predicted octanol–water partition coefficient (Wildman–Crippen LogP) is 11.5. The molecule has 0 unspecified atom stereocenters. The largest absolute Gasteiger partial charge is 0.370 e. The Bertz CT molecular complexity index is 4320. The van der Waals surface area contributed by atoms with Crippen LogP contribution in [0, 0.1) is 27.7 Å². The van der Waals surface area contributed by atoms with Crippen LogP contribution in [0.4, 0.5) is 0 Å². The molecule has 0 atom stereocenters. The molecular weight excluding hydrogens is 1380 g/mol. The standard InChI is InChI=1S/C21H24N2O3S.C20H22N2O3S.C18H18N2O3S.C16H14ClN3O3S/c1-21(2,3)15-10-8-14(9-11-15)20(26)27-17-7-5-4-6-16(17)19(25)23-13-12-18(22)24;1-12-10-13(2)18(14(3)11-12)20(25)26-16-7-5-4-6-15(16)19(24)22-9-8-17(21)23;1-12-6-2-3-7-13(12)18(23)24-15-9-5-4-8-14(15)17(22)20-11-10-16(19)21;17-11-3-4-12(15(22)20-7-5-14(18)21)13(8-11)24-16(23)10-2-1-6-19-9-10/h4-11H,12-13H2,1-3H3,(H2,22,24)(H,23,25);4-7,10-11H,8-9H2,1-3H3,(H2,21,23)(H,22,24);2-9H,10-11H2,1H3,(H2,19,21)(H,20,22);1-4,6,8-9H,5,7H2,(H2,18,21)(H,20,22). The number of benzene rings is 7. The number of hydrogen-bond donors (Lipinski definition) is 8. The van der Waals surface area contributed by atoms with Crippen molar-refractivity contribution in [2.75, 3.05) is 26.2 Å². The van der Waals surface area contributed by atoms with Gasteiger partial charge in [0, 0.05) is 111 Å². The van der Waals surface area contributed by atoms with Gasteiger partial charge < -0.3 is 44.2 Å². The van der Waals surface area contributed by atoms with Gasteiger partial charge in [-0.25, -0.2) is 0 Å². The third-order valence-electron chi connectivity index (χ3n) is 14.2. The van der Waals surface area contributed by atoms with E-state index in [1.165, 1.54) is 12.3 Å². The quantitative estimate of drug-likeness (QED) is 0.0261. The van der Waals surface area contributed by atoms with E-state index in [1.807, 2.05) is 82.3 Å². The zero-order chi connectivity index (χ0) is 74.3. The number of nitrogens with two attached hydrogens (primary N) is 4. The number of pyridine rings is 1. The number of nitrogens with zero attached hydrogens (tertiary/aromatic N) is 1. The first-order chi connectivity index (χ1) is 47.9. The van der Waals surface area contributed by atoms with Crippen molar-refractivity contribution in [3.63, 3.8) is 0 Å². The van der Waals surface area contributed by atoms with Gasteiger partial charge >= 0.3 is 0 Å². The van der Waals surface area contributed by atoms with Crippen molar-refractivity contribution in [3.8, 4) is 0 Å². The van der Waals surface area contributed by atoms with E-state index in [-0.39, 0.29) is 95.5 Å². The number of hydrogen-bond acceptors (Lipinski definition) is 17. The van der Waals surface area contributed by atoms with Crippen molar-refractivity contribution in [2.24, 2.45) is 22.9 Å². The molecule has 26 heteroatoms. The van der Waals surface area contributed by atoms with Gasteiger partial charge in [-0.3, -0.25) is 62.5 Å². The summed E-state index contributed by atoms with van der Waals surface area (Å²) in [6.07, 6.45) is 3.27. The maximum absolute atomic E-state index is 12.8. The average molecular weight is 1460 g/mol. The molecule has 0 aliphatic rings. The molecule has 526 valence electrons. The first-order valence-corrected chi connectivity index (χ1v) is 34.9. The van der Waals surface area contributed by atoms with Gasteiger partial charge in [-0.15, -0.1) is 0 Å². The van der Waals surface area contributed by atoms with E-state index in [4.69, 9.17) is 34.5 Å². The molecule has 8 amide bonds. The highest BCUT2D eigenvalue weighted by Gasteiger charge is 2.23. The minimum Gasteiger partial charge on any atom is -0.370 e. The van der Waals surface area contributed by atoms with Crippen molar-refractivity contribution in [1.82, 2.24) is 26.3 Å². The van der Waals surface area contributed by atoms with E-state index in [9.17, 15) is 57.5 Å². The van der Waals surface area contributed by atoms with Crippen LogP contribution in [0.2, 0.25) is 5.02 Å². The fourth-order valence-corrected chi connectivity index (χ4v) is 13.1. The van der Waals surface area contributed by atoms with Gasteiger partial charge in [0.25, 0.3) is 23.6 Å². The lowest BCUT2D eigenvalue weighted by Crippen LogP contribution is -2.28. The number of rotatable bonds is 24. The minimum absolute atomic E-state index is 0.0182. The van der Waals surface area contributed by atoms with E-state index in [2.05, 4.69) is 47.0 Å². The molecule has 0 bridgehead atoms. The molecule has 0 aliphatic heterocycles. The van der Waals surface area contributed by atoms with E-state index in [0.29, 0.717) is 69.1 Å². The molecule has 0 aliphatic carbocycles. The van der Waals surface area contributed by atoms with E-state index < -0.39 is 29.5 Å². The van der Waals surface area contributed by atoms with E-state index in [0.717, 1.165) is 74.9 Å². The number of halogens is 1. The monoisotopic (exact) mass is 1460 g/mol. The second-order valence-electron chi connectivity index (χ2n) is 23.2. The highest BCUT2D eigenvalue weighted by Crippen LogP contribution is 2.33. The highest BCUT2D eigenvalue weighted by molar-refractivity contribution is 8.15. The summed E-state index contributed by atoms with van der Waals surface area (Å²) in [7, 11) is 0. The van der Waals surface area contributed by atoms with Gasteiger partial charge in [0.2, 0.25) is 44.1 Å². The molecular formula is C75H78ClN9O12S4. The Labute approximate surface area is 608 Å². The van der Waals surface area contributed by atoms with Gasteiger partial charge in [0.1, 0.15) is 0 Å². The molecule has 0 spiro atoms. The maximum atomic E-state index is 12.8. The lowest BCUT2D eigenvalue weighted by atomic mass is 9.87. The van der Waals surface area contributed by atoms with Gasteiger partial charge in [-0.05, 0) is 169 Å². The normalized spacial score (nSPS) is 10.5. The Morgan fingerprint density at radius 1 is 0.386 bits per heavy atom. The second kappa shape index (κ2) is 40.8. The summed E-state index contributed by atoms with van der Waals surface area (Å²) in [5.74, 6) is -3.36. The molecule has 1 aromatic heterocycles. The van der Waals surface area contributed by atoms with Crippen molar-refractivity contribution in [3.05, 3.63) is 254 Å². The van der Waals surface area contributed by atoms with Crippen LogP contribution >= 0.6 is 58.6 Å². The molecule has 8 rings (SSSR count). The summed E-state index contributed by atoms with van der Waals surface area (Å²) in [6, 6.07) is 47.4. The van der Waals surface area contributed by atoms with Crippen molar-refractivity contribution < 1.29 is 57.5 Å². The Morgan fingerprint density at radius 2 is 0.752 bits per heavy atom. The van der Waals surface area contributed by atoms with Crippen LogP contribution in [-0.4, -0.2) is 98.9 Å². The Kier molecular flexibility index (Phi) is 32.9. The third kappa shape index (κ3) is 27.5. The smallest absolute Gasteiger partial charge is 0.252 e. The molecule has 7 aromatic carbocycles. The number of carbonyl (C=O) groups is 12. The van der Waals surface area contributed by atoms with Crippen LogP contribution in [-0.2, 0) is 24.6 Å². The second-order valence-corrected chi connectivity index (χ2v) is 27.7. The first-order valence-electron chi connectivity index (χ1n) is 31.3. The Hall–Kier alpha value is -10.2. The molecule has 8 aromatic rings. The lowest BCUT2D eigenvalue weighted by Gasteiger charge is -2.19. The van der Waals surface area contributed by atoms with Crippen molar-refractivity contribution in [1.29, 1.82) is 0 Å². The zero-order valence-corrected chi connectivity index (χ0v) is 60.6. The van der Waals surface area contributed by atoms with E-state index >= 15 is 0 Å².